The lowest BCUT2D eigenvalue weighted by atomic mass is 9.95. The number of hydrogen-bond donors (Lipinski definition) is 2. The number of urea groups is 1. The number of ether oxygens (including phenoxy) is 1. The second kappa shape index (κ2) is 9.75. The number of benzene rings is 2. The molecule has 0 saturated carbocycles. The topological polar surface area (TPSA) is 102 Å². The predicted molar refractivity (Wildman–Crippen MR) is 122 cm³/mol. The summed E-state index contributed by atoms with van der Waals surface area (Å²) in [5.41, 5.74) is 1.54. The van der Waals surface area contributed by atoms with Crippen molar-refractivity contribution in [3.63, 3.8) is 0 Å². The Morgan fingerprint density at radius 3 is 2.44 bits per heavy atom. The van der Waals surface area contributed by atoms with Gasteiger partial charge >= 0.3 is 12.0 Å². The van der Waals surface area contributed by atoms with Crippen molar-refractivity contribution in [3.8, 4) is 0 Å². The molecule has 1 aliphatic rings. The summed E-state index contributed by atoms with van der Waals surface area (Å²) in [5, 5.41) is 5.53. The SMILES string of the molecule is COC(=O)C1=C(CS(=O)(=O)c2ccc(CC(C)C)cc2)NC(=O)NC1c1cccc(Cl)c1. The van der Waals surface area contributed by atoms with Crippen LogP contribution >= 0.6 is 11.6 Å². The molecule has 9 heteroatoms. The molecule has 3 rings (SSSR count). The number of nitrogens with one attached hydrogen (secondary N) is 2. The summed E-state index contributed by atoms with van der Waals surface area (Å²) in [4.78, 5) is 25.1. The number of rotatable bonds is 7. The van der Waals surface area contributed by atoms with E-state index in [0.717, 1.165) is 12.0 Å². The first-order valence-electron chi connectivity index (χ1n) is 10.1. The van der Waals surface area contributed by atoms with Gasteiger partial charge in [-0.2, -0.15) is 0 Å². The highest BCUT2D eigenvalue weighted by Crippen LogP contribution is 2.30. The van der Waals surface area contributed by atoms with Gasteiger partial charge in [-0.3, -0.25) is 0 Å². The third-order valence-corrected chi connectivity index (χ3v) is 6.90. The summed E-state index contributed by atoms with van der Waals surface area (Å²) < 4.78 is 31.1. The Bertz CT molecular complexity index is 1160. The summed E-state index contributed by atoms with van der Waals surface area (Å²) in [5.74, 6) is -0.871. The number of hydrogen-bond acceptors (Lipinski definition) is 5. The summed E-state index contributed by atoms with van der Waals surface area (Å²) in [6.45, 7) is 4.17. The van der Waals surface area contributed by atoms with Crippen LogP contribution in [0.25, 0.3) is 0 Å². The molecule has 1 heterocycles. The van der Waals surface area contributed by atoms with Crippen LogP contribution in [-0.2, 0) is 25.8 Å². The van der Waals surface area contributed by atoms with Crippen LogP contribution in [0.4, 0.5) is 4.79 Å². The fourth-order valence-electron chi connectivity index (χ4n) is 3.60. The molecule has 0 radical (unpaired) electrons. The second-order valence-corrected chi connectivity index (χ2v) is 10.4. The molecule has 0 bridgehead atoms. The van der Waals surface area contributed by atoms with Crippen molar-refractivity contribution in [1.82, 2.24) is 10.6 Å². The Kier molecular flexibility index (Phi) is 7.26. The Morgan fingerprint density at radius 2 is 1.84 bits per heavy atom. The number of esters is 1. The standard InChI is InChI=1S/C23H25ClN2O5S/c1-14(2)11-15-7-9-18(10-8-15)32(29,30)13-19-20(22(27)31-3)21(26-23(28)25-19)16-5-4-6-17(24)12-16/h4-10,12,14,21H,11,13H2,1-3H3,(H2,25,26,28). The van der Waals surface area contributed by atoms with Crippen molar-refractivity contribution >= 4 is 33.4 Å². The largest absolute Gasteiger partial charge is 0.466 e. The quantitative estimate of drug-likeness (QED) is 0.592. The molecule has 1 unspecified atom stereocenters. The van der Waals surface area contributed by atoms with Crippen LogP contribution in [0.1, 0.15) is 31.0 Å². The molecule has 2 amide bonds. The molecule has 1 atom stereocenters. The maximum Gasteiger partial charge on any atom is 0.338 e. The number of halogens is 1. The zero-order valence-corrected chi connectivity index (χ0v) is 19.6. The second-order valence-electron chi connectivity index (χ2n) is 7.97. The molecule has 0 saturated heterocycles. The van der Waals surface area contributed by atoms with E-state index >= 15 is 0 Å². The molecule has 170 valence electrons. The van der Waals surface area contributed by atoms with Crippen LogP contribution in [0.2, 0.25) is 5.02 Å². The highest BCUT2D eigenvalue weighted by Gasteiger charge is 2.35. The van der Waals surface area contributed by atoms with Crippen LogP contribution in [0.5, 0.6) is 0 Å². The lowest BCUT2D eigenvalue weighted by molar-refractivity contribution is -0.136. The minimum Gasteiger partial charge on any atom is -0.466 e. The molecule has 1 aliphatic heterocycles. The maximum atomic E-state index is 13.1. The first-order chi connectivity index (χ1) is 15.1. The third kappa shape index (κ3) is 5.49. The molecule has 2 aromatic carbocycles. The lowest BCUT2D eigenvalue weighted by Crippen LogP contribution is -2.47. The Morgan fingerprint density at radius 1 is 1.16 bits per heavy atom. The van der Waals surface area contributed by atoms with E-state index < -0.39 is 33.6 Å². The van der Waals surface area contributed by atoms with Crippen LogP contribution < -0.4 is 10.6 Å². The minimum absolute atomic E-state index is 0.00868. The minimum atomic E-state index is -3.85. The van der Waals surface area contributed by atoms with Gasteiger partial charge in [0, 0.05) is 10.7 Å². The van der Waals surface area contributed by atoms with Crippen molar-refractivity contribution < 1.29 is 22.7 Å². The zero-order valence-electron chi connectivity index (χ0n) is 18.0. The Balaban J connectivity index is 2.01. The average Bonchev–Trinajstić information content (AvgIpc) is 2.72. The normalized spacial score (nSPS) is 16.5. The van der Waals surface area contributed by atoms with Crippen LogP contribution in [0, 0.1) is 5.92 Å². The van der Waals surface area contributed by atoms with Gasteiger partial charge in [-0.1, -0.05) is 49.7 Å². The molecule has 0 spiro atoms. The van der Waals surface area contributed by atoms with Gasteiger partial charge in [0.2, 0.25) is 0 Å². The average molecular weight is 477 g/mol. The van der Waals surface area contributed by atoms with Gasteiger partial charge in [-0.25, -0.2) is 18.0 Å². The number of amides is 2. The zero-order chi connectivity index (χ0) is 23.5. The molecule has 0 aliphatic carbocycles. The molecule has 0 fully saturated rings. The number of carbonyl (C=O) groups is 2. The van der Waals surface area contributed by atoms with Gasteiger partial charge in [0.1, 0.15) is 0 Å². The van der Waals surface area contributed by atoms with Crippen molar-refractivity contribution in [1.29, 1.82) is 0 Å². The maximum absolute atomic E-state index is 13.1. The first kappa shape index (κ1) is 23.8. The van der Waals surface area contributed by atoms with E-state index in [1.54, 1.807) is 48.5 Å². The van der Waals surface area contributed by atoms with Gasteiger partial charge in [-0.05, 0) is 47.7 Å². The predicted octanol–water partition coefficient (Wildman–Crippen LogP) is 3.79. The molecule has 0 aromatic heterocycles. The Hall–Kier alpha value is -2.84. The molecule has 7 nitrogen and oxygen atoms in total. The number of methoxy groups -OCH3 is 1. The molecule has 2 aromatic rings. The van der Waals surface area contributed by atoms with E-state index in [-0.39, 0.29) is 16.2 Å². The fourth-order valence-corrected chi connectivity index (χ4v) is 5.12. The fraction of sp³-hybridized carbons (Fsp3) is 0.304. The van der Waals surface area contributed by atoms with E-state index in [9.17, 15) is 18.0 Å². The summed E-state index contributed by atoms with van der Waals surface area (Å²) in [6, 6.07) is 11.7. The molecule has 2 N–H and O–H groups in total. The monoisotopic (exact) mass is 476 g/mol. The van der Waals surface area contributed by atoms with Gasteiger partial charge in [0.15, 0.2) is 9.84 Å². The van der Waals surface area contributed by atoms with Crippen molar-refractivity contribution in [2.75, 3.05) is 12.9 Å². The van der Waals surface area contributed by atoms with Crippen LogP contribution in [-0.4, -0.2) is 33.3 Å². The third-order valence-electron chi connectivity index (χ3n) is 5.00. The number of sulfone groups is 1. The van der Waals surface area contributed by atoms with Gasteiger partial charge in [0.05, 0.1) is 29.4 Å². The molecular formula is C23H25ClN2O5S. The van der Waals surface area contributed by atoms with Gasteiger partial charge in [0.25, 0.3) is 0 Å². The van der Waals surface area contributed by atoms with Crippen molar-refractivity contribution in [2.45, 2.75) is 31.2 Å². The van der Waals surface area contributed by atoms with E-state index in [2.05, 4.69) is 24.5 Å². The summed E-state index contributed by atoms with van der Waals surface area (Å²) in [6.07, 6.45) is 0.834. The molecule has 32 heavy (non-hydrogen) atoms. The summed E-state index contributed by atoms with van der Waals surface area (Å²) in [7, 11) is -2.66. The van der Waals surface area contributed by atoms with E-state index in [0.29, 0.717) is 16.5 Å². The van der Waals surface area contributed by atoms with Gasteiger partial charge < -0.3 is 15.4 Å². The van der Waals surface area contributed by atoms with Crippen LogP contribution in [0.15, 0.2) is 64.7 Å². The lowest BCUT2D eigenvalue weighted by Gasteiger charge is -2.29. The smallest absolute Gasteiger partial charge is 0.338 e. The van der Waals surface area contributed by atoms with Crippen LogP contribution in [0.3, 0.4) is 0 Å². The van der Waals surface area contributed by atoms with E-state index in [1.165, 1.54) is 7.11 Å². The van der Waals surface area contributed by atoms with Crippen molar-refractivity contribution in [3.05, 3.63) is 76.0 Å². The molecular weight excluding hydrogens is 452 g/mol. The Labute approximate surface area is 192 Å². The van der Waals surface area contributed by atoms with Crippen molar-refractivity contribution in [2.24, 2.45) is 5.92 Å². The van der Waals surface area contributed by atoms with Gasteiger partial charge in [-0.15, -0.1) is 0 Å². The van der Waals surface area contributed by atoms with E-state index in [1.807, 2.05) is 0 Å². The summed E-state index contributed by atoms with van der Waals surface area (Å²) >= 11 is 6.07. The first-order valence-corrected chi connectivity index (χ1v) is 12.1. The van der Waals surface area contributed by atoms with E-state index in [4.69, 9.17) is 16.3 Å². The highest BCUT2D eigenvalue weighted by atomic mass is 35.5. The highest BCUT2D eigenvalue weighted by molar-refractivity contribution is 7.91. The number of carbonyl (C=O) groups excluding carboxylic acids is 2.